The van der Waals surface area contributed by atoms with Crippen LogP contribution >= 0.6 is 12.2 Å². The predicted octanol–water partition coefficient (Wildman–Crippen LogP) is 0.984. The monoisotopic (exact) mass is 244 g/mol. The number of amides is 1. The van der Waals surface area contributed by atoms with Gasteiger partial charge in [-0.05, 0) is 19.3 Å². The summed E-state index contributed by atoms with van der Waals surface area (Å²) in [6, 6.07) is 0.0767. The molecule has 1 fully saturated rings. The molecule has 0 aromatic heterocycles. The average Bonchev–Trinajstić information content (AvgIpc) is 2.28. The second-order valence-corrected chi connectivity index (χ2v) is 4.70. The molecule has 0 radical (unpaired) electrons. The van der Waals surface area contributed by atoms with Crippen LogP contribution in [0, 0.1) is 5.92 Å². The molecule has 5 heteroatoms. The van der Waals surface area contributed by atoms with Crippen LogP contribution < -0.4 is 11.1 Å². The van der Waals surface area contributed by atoms with Crippen molar-refractivity contribution in [3.8, 4) is 0 Å². The molecule has 1 amide bonds. The lowest BCUT2D eigenvalue weighted by Crippen LogP contribution is -2.42. The summed E-state index contributed by atoms with van der Waals surface area (Å²) in [6.45, 7) is 3.39. The first-order valence-electron chi connectivity index (χ1n) is 5.80. The third-order valence-electron chi connectivity index (χ3n) is 2.88. The molecule has 4 nitrogen and oxygen atoms in total. The van der Waals surface area contributed by atoms with Gasteiger partial charge in [0.1, 0.15) is 0 Å². The van der Waals surface area contributed by atoms with Gasteiger partial charge in [0.15, 0.2) is 0 Å². The maximum atomic E-state index is 11.9. The largest absolute Gasteiger partial charge is 0.393 e. The minimum atomic E-state index is 0.0767. The molecule has 1 aliphatic rings. The maximum Gasteiger partial charge on any atom is 0.223 e. The summed E-state index contributed by atoms with van der Waals surface area (Å²) in [5, 5.41) is 3.01. The van der Waals surface area contributed by atoms with E-state index in [0.29, 0.717) is 24.6 Å². The number of carbonyl (C=O) groups is 1. The molecule has 16 heavy (non-hydrogen) atoms. The van der Waals surface area contributed by atoms with Crippen LogP contribution in [0.4, 0.5) is 0 Å². The van der Waals surface area contributed by atoms with E-state index < -0.39 is 0 Å². The van der Waals surface area contributed by atoms with Crippen LogP contribution in [-0.4, -0.2) is 30.2 Å². The van der Waals surface area contributed by atoms with E-state index in [1.165, 1.54) is 0 Å². The SMILES string of the molecule is CCC(CC(N)=S)NC(=O)C1CCOCC1. The lowest BCUT2D eigenvalue weighted by atomic mass is 9.98. The van der Waals surface area contributed by atoms with Gasteiger partial charge >= 0.3 is 0 Å². The number of nitrogens with one attached hydrogen (secondary N) is 1. The summed E-state index contributed by atoms with van der Waals surface area (Å²) >= 11 is 4.85. The van der Waals surface area contributed by atoms with E-state index in [0.717, 1.165) is 19.3 Å². The number of rotatable bonds is 5. The van der Waals surface area contributed by atoms with E-state index in [4.69, 9.17) is 22.7 Å². The molecule has 3 N–H and O–H groups in total. The number of hydrogen-bond donors (Lipinski definition) is 2. The quantitative estimate of drug-likeness (QED) is 0.708. The Bertz CT molecular complexity index is 252. The molecule has 92 valence electrons. The highest BCUT2D eigenvalue weighted by Crippen LogP contribution is 2.15. The van der Waals surface area contributed by atoms with Gasteiger partial charge in [-0.1, -0.05) is 19.1 Å². The van der Waals surface area contributed by atoms with Gasteiger partial charge in [0, 0.05) is 31.6 Å². The summed E-state index contributed by atoms with van der Waals surface area (Å²) in [5.74, 6) is 0.209. The van der Waals surface area contributed by atoms with Gasteiger partial charge in [0.25, 0.3) is 0 Å². The Kier molecular flexibility index (Phi) is 5.69. The van der Waals surface area contributed by atoms with E-state index in [2.05, 4.69) is 5.32 Å². The molecule has 1 heterocycles. The van der Waals surface area contributed by atoms with Crippen molar-refractivity contribution in [2.24, 2.45) is 11.7 Å². The highest BCUT2D eigenvalue weighted by molar-refractivity contribution is 7.80. The summed E-state index contributed by atoms with van der Waals surface area (Å²) in [7, 11) is 0. The minimum Gasteiger partial charge on any atom is -0.393 e. The highest BCUT2D eigenvalue weighted by atomic mass is 32.1. The van der Waals surface area contributed by atoms with Gasteiger partial charge in [0.2, 0.25) is 5.91 Å². The van der Waals surface area contributed by atoms with Gasteiger partial charge in [-0.25, -0.2) is 0 Å². The molecule has 0 spiro atoms. The van der Waals surface area contributed by atoms with E-state index in [1.54, 1.807) is 0 Å². The Labute approximate surface area is 102 Å². The number of thiocarbonyl (C=S) groups is 1. The maximum absolute atomic E-state index is 11.9. The lowest BCUT2D eigenvalue weighted by Gasteiger charge is -2.24. The molecule has 0 saturated carbocycles. The van der Waals surface area contributed by atoms with Crippen LogP contribution in [0.3, 0.4) is 0 Å². The molecule has 0 aromatic rings. The Hall–Kier alpha value is -0.680. The molecule has 0 aliphatic carbocycles. The van der Waals surface area contributed by atoms with Crippen LogP contribution in [0.1, 0.15) is 32.6 Å². The van der Waals surface area contributed by atoms with Crippen molar-refractivity contribution in [3.05, 3.63) is 0 Å². The van der Waals surface area contributed by atoms with Crippen molar-refractivity contribution in [1.82, 2.24) is 5.32 Å². The zero-order valence-electron chi connectivity index (χ0n) is 9.70. The van der Waals surface area contributed by atoms with E-state index in [-0.39, 0.29) is 17.9 Å². The Morgan fingerprint density at radius 3 is 2.69 bits per heavy atom. The number of carbonyl (C=O) groups excluding carboxylic acids is 1. The molecule has 1 atom stereocenters. The Morgan fingerprint density at radius 2 is 2.19 bits per heavy atom. The van der Waals surface area contributed by atoms with Gasteiger partial charge < -0.3 is 15.8 Å². The van der Waals surface area contributed by atoms with Crippen molar-refractivity contribution in [3.63, 3.8) is 0 Å². The van der Waals surface area contributed by atoms with Gasteiger partial charge in [-0.3, -0.25) is 4.79 Å². The average molecular weight is 244 g/mol. The predicted molar refractivity (Wildman–Crippen MR) is 67.2 cm³/mol. The van der Waals surface area contributed by atoms with Crippen molar-refractivity contribution in [1.29, 1.82) is 0 Å². The smallest absolute Gasteiger partial charge is 0.223 e. The van der Waals surface area contributed by atoms with Crippen LogP contribution in [-0.2, 0) is 9.53 Å². The molecule has 1 aliphatic heterocycles. The van der Waals surface area contributed by atoms with Crippen LogP contribution in [0.2, 0.25) is 0 Å². The summed E-state index contributed by atoms with van der Waals surface area (Å²) < 4.78 is 5.22. The fraction of sp³-hybridized carbons (Fsp3) is 0.818. The zero-order chi connectivity index (χ0) is 12.0. The first kappa shape index (κ1) is 13.4. The third kappa shape index (κ3) is 4.45. The Morgan fingerprint density at radius 1 is 1.56 bits per heavy atom. The number of ether oxygens (including phenoxy) is 1. The Balaban J connectivity index is 2.38. The second-order valence-electron chi connectivity index (χ2n) is 4.17. The van der Waals surface area contributed by atoms with Crippen molar-refractivity contribution in [2.75, 3.05) is 13.2 Å². The van der Waals surface area contributed by atoms with E-state index in [9.17, 15) is 4.79 Å². The molecular weight excluding hydrogens is 224 g/mol. The number of nitrogens with two attached hydrogens (primary N) is 1. The summed E-state index contributed by atoms with van der Waals surface area (Å²) in [6.07, 6.45) is 3.07. The molecule has 1 saturated heterocycles. The molecular formula is C11H20N2O2S. The van der Waals surface area contributed by atoms with Crippen LogP contribution in [0.15, 0.2) is 0 Å². The second kappa shape index (κ2) is 6.81. The normalized spacial score (nSPS) is 19.1. The fourth-order valence-electron chi connectivity index (χ4n) is 1.82. The first-order valence-corrected chi connectivity index (χ1v) is 6.20. The zero-order valence-corrected chi connectivity index (χ0v) is 10.5. The molecule has 0 bridgehead atoms. The topological polar surface area (TPSA) is 64.3 Å². The molecule has 0 aromatic carbocycles. The fourth-order valence-corrected chi connectivity index (χ4v) is 2.02. The van der Waals surface area contributed by atoms with Gasteiger partial charge in [-0.2, -0.15) is 0 Å². The van der Waals surface area contributed by atoms with Gasteiger partial charge in [-0.15, -0.1) is 0 Å². The van der Waals surface area contributed by atoms with E-state index in [1.807, 2.05) is 6.92 Å². The highest BCUT2D eigenvalue weighted by Gasteiger charge is 2.23. The molecule has 1 unspecified atom stereocenters. The third-order valence-corrected chi connectivity index (χ3v) is 3.05. The van der Waals surface area contributed by atoms with Gasteiger partial charge in [0.05, 0.1) is 4.99 Å². The van der Waals surface area contributed by atoms with Crippen LogP contribution in [0.5, 0.6) is 0 Å². The van der Waals surface area contributed by atoms with Crippen LogP contribution in [0.25, 0.3) is 0 Å². The van der Waals surface area contributed by atoms with Crippen molar-refractivity contribution < 1.29 is 9.53 Å². The van der Waals surface area contributed by atoms with E-state index >= 15 is 0 Å². The number of hydrogen-bond acceptors (Lipinski definition) is 3. The van der Waals surface area contributed by atoms with Crippen molar-refractivity contribution in [2.45, 2.75) is 38.6 Å². The minimum absolute atomic E-state index is 0.0767. The lowest BCUT2D eigenvalue weighted by molar-refractivity contribution is -0.128. The first-order chi connectivity index (χ1) is 7.63. The standard InChI is InChI=1S/C11H20N2O2S/c1-2-9(7-10(12)16)13-11(14)8-3-5-15-6-4-8/h8-9H,2-7H2,1H3,(H2,12,16)(H,13,14). The molecule has 1 rings (SSSR count). The van der Waals surface area contributed by atoms with Crippen molar-refractivity contribution >= 4 is 23.1 Å². The summed E-state index contributed by atoms with van der Waals surface area (Å²) in [4.78, 5) is 12.4. The summed E-state index contributed by atoms with van der Waals surface area (Å²) in [5.41, 5.74) is 5.48.